The van der Waals surface area contributed by atoms with E-state index >= 15 is 0 Å². The van der Waals surface area contributed by atoms with Gasteiger partial charge in [-0.05, 0) is 76.1 Å². The maximum absolute atomic E-state index is 14.1. The Hall–Kier alpha value is -2.68. The second-order valence-electron chi connectivity index (χ2n) is 10.9. The minimum Gasteiger partial charge on any atom is -0.490 e. The summed E-state index contributed by atoms with van der Waals surface area (Å²) in [6, 6.07) is 9.49. The molecule has 1 aliphatic heterocycles. The quantitative estimate of drug-likeness (QED) is 0.583. The molecule has 38 heavy (non-hydrogen) atoms. The van der Waals surface area contributed by atoms with Gasteiger partial charge in [0.15, 0.2) is 0 Å². The number of amides is 1. The van der Waals surface area contributed by atoms with Crippen LogP contribution in [-0.2, 0) is 11.3 Å². The molecule has 3 rings (SSSR count). The molecule has 0 saturated heterocycles. The highest BCUT2D eigenvalue weighted by Crippen LogP contribution is 2.29. The minimum atomic E-state index is -0.346. The molecule has 8 nitrogen and oxygen atoms in total. The Morgan fingerprint density at radius 1 is 1.13 bits per heavy atom. The van der Waals surface area contributed by atoms with E-state index in [0.29, 0.717) is 24.5 Å². The van der Waals surface area contributed by atoms with E-state index in [1.165, 1.54) is 5.56 Å². The highest BCUT2D eigenvalue weighted by molar-refractivity contribution is 5.98. The van der Waals surface area contributed by atoms with Crippen LogP contribution in [-0.4, -0.2) is 91.5 Å². The van der Waals surface area contributed by atoms with Crippen molar-refractivity contribution < 1.29 is 19.4 Å². The van der Waals surface area contributed by atoms with Gasteiger partial charge in [0.2, 0.25) is 0 Å². The molecule has 0 aliphatic carbocycles. The van der Waals surface area contributed by atoms with E-state index in [1.807, 2.05) is 75.6 Å². The summed E-state index contributed by atoms with van der Waals surface area (Å²) >= 11 is 0. The predicted octanol–water partition coefficient (Wildman–Crippen LogP) is 4.08. The van der Waals surface area contributed by atoms with Crippen molar-refractivity contribution in [2.75, 3.05) is 52.3 Å². The van der Waals surface area contributed by atoms with Crippen molar-refractivity contribution >= 4 is 11.6 Å². The monoisotopic (exact) mass is 526 g/mol. The van der Waals surface area contributed by atoms with E-state index in [1.54, 1.807) is 4.90 Å². The third-order valence-electron chi connectivity index (χ3n) is 7.24. The van der Waals surface area contributed by atoms with Crippen LogP contribution in [0.3, 0.4) is 0 Å². The molecule has 8 heteroatoms. The largest absolute Gasteiger partial charge is 0.490 e. The van der Waals surface area contributed by atoms with Crippen LogP contribution >= 0.6 is 0 Å². The number of ether oxygens (including phenoxy) is 2. The van der Waals surface area contributed by atoms with Gasteiger partial charge in [-0.15, -0.1) is 0 Å². The van der Waals surface area contributed by atoms with E-state index in [2.05, 4.69) is 23.9 Å². The number of carbonyl (C=O) groups excluding carboxylic acids is 1. The maximum atomic E-state index is 14.1. The fraction of sp³-hybridized carbons (Fsp3) is 0.600. The Kier molecular flexibility index (Phi) is 11.4. The summed E-state index contributed by atoms with van der Waals surface area (Å²) in [5.74, 6) is 0.513. The molecule has 0 radical (unpaired) electrons. The van der Waals surface area contributed by atoms with E-state index < -0.39 is 0 Å². The Morgan fingerprint density at radius 3 is 2.55 bits per heavy atom. The van der Waals surface area contributed by atoms with Crippen molar-refractivity contribution in [3.05, 3.63) is 53.9 Å². The van der Waals surface area contributed by atoms with Crippen LogP contribution in [0.25, 0.3) is 0 Å². The van der Waals surface area contributed by atoms with Gasteiger partial charge >= 0.3 is 0 Å². The molecule has 0 fully saturated rings. The molecule has 0 unspecified atom stereocenters. The first-order chi connectivity index (χ1) is 18.2. The molecule has 4 atom stereocenters. The number of aliphatic hydroxyl groups is 1. The Morgan fingerprint density at radius 2 is 1.87 bits per heavy atom. The molecule has 1 aliphatic rings. The number of aliphatic hydroxyl groups excluding tert-OH is 1. The second-order valence-corrected chi connectivity index (χ2v) is 10.9. The minimum absolute atomic E-state index is 0.0281. The van der Waals surface area contributed by atoms with Gasteiger partial charge in [0, 0.05) is 64.3 Å². The molecule has 1 amide bonds. The zero-order chi connectivity index (χ0) is 27.7. The Bertz CT molecular complexity index is 1000. The number of hydrogen-bond acceptors (Lipinski definition) is 7. The number of fused-ring (bicyclic) bond motifs is 1. The summed E-state index contributed by atoms with van der Waals surface area (Å²) in [6.07, 6.45) is 6.36. The van der Waals surface area contributed by atoms with Crippen LogP contribution in [0.4, 0.5) is 5.69 Å². The standard InChI is InChI=1S/C30H46N4O4/c1-22-18-34(23(2)21-35)30(36)27-17-26(32(4)5)10-11-28(27)38-24(3)9-7-8-16-37-29(22)20-33(6)19-25-12-14-31-15-13-25/h10-15,17,22-24,29,35H,7-9,16,18-21H2,1-6H3/t22-,23+,24+,29+/m1/s1. The normalized spacial score (nSPS) is 22.4. The van der Waals surface area contributed by atoms with E-state index in [9.17, 15) is 9.90 Å². The molecule has 1 N–H and O–H groups in total. The van der Waals surface area contributed by atoms with Crippen LogP contribution in [0.5, 0.6) is 5.75 Å². The zero-order valence-corrected chi connectivity index (χ0v) is 24.0. The molecule has 0 saturated carbocycles. The summed E-state index contributed by atoms with van der Waals surface area (Å²) in [7, 11) is 6.01. The summed E-state index contributed by atoms with van der Waals surface area (Å²) < 4.78 is 12.7. The number of anilines is 1. The highest BCUT2D eigenvalue weighted by Gasteiger charge is 2.30. The summed E-state index contributed by atoms with van der Waals surface area (Å²) in [4.78, 5) is 24.2. The smallest absolute Gasteiger partial charge is 0.258 e. The van der Waals surface area contributed by atoms with Crippen molar-refractivity contribution in [1.29, 1.82) is 0 Å². The fourth-order valence-corrected chi connectivity index (χ4v) is 4.82. The third-order valence-corrected chi connectivity index (χ3v) is 7.24. The van der Waals surface area contributed by atoms with Crippen molar-refractivity contribution in [2.45, 2.75) is 64.8 Å². The molecule has 0 spiro atoms. The summed E-state index contributed by atoms with van der Waals surface area (Å²) in [5.41, 5.74) is 2.65. The molecule has 2 heterocycles. The van der Waals surface area contributed by atoms with Crippen LogP contribution in [0, 0.1) is 5.92 Å². The van der Waals surface area contributed by atoms with Gasteiger partial charge in [-0.2, -0.15) is 0 Å². The number of rotatable bonds is 7. The SMILES string of the molecule is C[C@@H]1CN([C@@H](C)CO)C(=O)c2cc(N(C)C)ccc2O[C@@H](C)CCCCO[C@H]1CN(C)Cc1ccncc1. The van der Waals surface area contributed by atoms with Gasteiger partial charge in [0.25, 0.3) is 5.91 Å². The van der Waals surface area contributed by atoms with Crippen LogP contribution in [0.15, 0.2) is 42.7 Å². The van der Waals surface area contributed by atoms with Gasteiger partial charge in [-0.1, -0.05) is 6.92 Å². The van der Waals surface area contributed by atoms with E-state index in [4.69, 9.17) is 9.47 Å². The van der Waals surface area contributed by atoms with Crippen LogP contribution in [0.2, 0.25) is 0 Å². The van der Waals surface area contributed by atoms with Gasteiger partial charge in [0.1, 0.15) is 5.75 Å². The fourth-order valence-electron chi connectivity index (χ4n) is 4.82. The number of aromatic nitrogens is 1. The lowest BCUT2D eigenvalue weighted by Crippen LogP contribution is -2.47. The van der Waals surface area contributed by atoms with E-state index in [-0.39, 0.29) is 36.7 Å². The van der Waals surface area contributed by atoms with Gasteiger partial charge < -0.3 is 24.4 Å². The van der Waals surface area contributed by atoms with Crippen LogP contribution in [0.1, 0.15) is 56.0 Å². The Balaban J connectivity index is 1.90. The average Bonchev–Trinajstić information content (AvgIpc) is 2.90. The number of carbonyl (C=O) groups is 1. The number of benzene rings is 1. The molecular weight excluding hydrogens is 480 g/mol. The highest BCUT2D eigenvalue weighted by atomic mass is 16.5. The molecular formula is C30H46N4O4. The number of likely N-dealkylation sites (N-methyl/N-ethyl adjacent to an activating group) is 1. The van der Waals surface area contributed by atoms with E-state index in [0.717, 1.165) is 38.0 Å². The second kappa shape index (κ2) is 14.5. The molecule has 2 aromatic rings. The summed E-state index contributed by atoms with van der Waals surface area (Å²) in [5, 5.41) is 10.1. The molecule has 1 aromatic heterocycles. The first kappa shape index (κ1) is 29.9. The molecule has 1 aromatic carbocycles. The first-order valence-electron chi connectivity index (χ1n) is 13.8. The van der Waals surface area contributed by atoms with Crippen molar-refractivity contribution in [3.8, 4) is 5.75 Å². The number of pyridine rings is 1. The zero-order valence-electron chi connectivity index (χ0n) is 24.0. The molecule has 0 bridgehead atoms. The van der Waals surface area contributed by atoms with Crippen molar-refractivity contribution in [3.63, 3.8) is 0 Å². The van der Waals surface area contributed by atoms with Crippen molar-refractivity contribution in [2.24, 2.45) is 5.92 Å². The number of nitrogens with zero attached hydrogens (tertiary/aromatic N) is 4. The van der Waals surface area contributed by atoms with Gasteiger partial charge in [0.05, 0.1) is 30.4 Å². The molecule has 210 valence electrons. The van der Waals surface area contributed by atoms with Gasteiger partial charge in [-0.3, -0.25) is 14.7 Å². The Labute approximate surface area is 228 Å². The topological polar surface area (TPSA) is 78.4 Å². The van der Waals surface area contributed by atoms with Crippen LogP contribution < -0.4 is 9.64 Å². The summed E-state index contributed by atoms with van der Waals surface area (Å²) in [6.45, 7) is 8.61. The third kappa shape index (κ3) is 8.41. The first-order valence-corrected chi connectivity index (χ1v) is 13.8. The predicted molar refractivity (Wildman–Crippen MR) is 152 cm³/mol. The average molecular weight is 527 g/mol. The lowest BCUT2D eigenvalue weighted by Gasteiger charge is -2.36. The lowest BCUT2D eigenvalue weighted by molar-refractivity contribution is -0.0177. The van der Waals surface area contributed by atoms with Gasteiger partial charge in [-0.25, -0.2) is 0 Å². The van der Waals surface area contributed by atoms with Crippen molar-refractivity contribution in [1.82, 2.24) is 14.8 Å². The maximum Gasteiger partial charge on any atom is 0.258 e. The lowest BCUT2D eigenvalue weighted by atomic mass is 10.0. The number of hydrogen-bond donors (Lipinski definition) is 1.